The number of anilines is 1. The number of carbonyl (C=O) groups is 2. The van der Waals surface area contributed by atoms with Gasteiger partial charge in [-0.1, -0.05) is 6.07 Å². The molecule has 0 aliphatic heterocycles. The number of halogens is 2. The Balaban J connectivity index is 2.01. The van der Waals surface area contributed by atoms with E-state index in [1.165, 1.54) is 6.92 Å². The lowest BCUT2D eigenvalue weighted by molar-refractivity contribution is -0.114. The number of hydrogen-bond donors (Lipinski definition) is 1. The smallest absolute Gasteiger partial charge is 0.344 e. The van der Waals surface area contributed by atoms with Gasteiger partial charge in [0.1, 0.15) is 23.8 Å². The number of rotatable bonds is 4. The predicted octanol–water partition coefficient (Wildman–Crippen LogP) is 2.74. The molecule has 1 aromatic carbocycles. The molecule has 1 N–H and O–H groups in total. The van der Waals surface area contributed by atoms with Gasteiger partial charge in [-0.25, -0.2) is 18.6 Å². The van der Waals surface area contributed by atoms with Crippen LogP contribution in [0.3, 0.4) is 0 Å². The third kappa shape index (κ3) is 3.82. The highest BCUT2D eigenvalue weighted by molar-refractivity contribution is 7.13. The van der Waals surface area contributed by atoms with E-state index in [2.05, 4.69) is 10.3 Å². The van der Waals surface area contributed by atoms with E-state index in [9.17, 15) is 18.4 Å². The van der Waals surface area contributed by atoms with Crippen molar-refractivity contribution in [2.45, 2.75) is 13.5 Å². The number of amides is 1. The SMILES string of the molecule is CC(=O)Nc1nc(COC(=O)c2c(F)cccc2F)cs1. The van der Waals surface area contributed by atoms with Gasteiger partial charge >= 0.3 is 5.97 Å². The van der Waals surface area contributed by atoms with E-state index in [1.54, 1.807) is 5.38 Å². The quantitative estimate of drug-likeness (QED) is 0.881. The number of carbonyl (C=O) groups excluding carboxylic acids is 2. The standard InChI is InChI=1S/C13H10F2N2O3S/c1-7(18)16-13-17-8(6-21-13)5-20-12(19)11-9(14)3-2-4-10(11)15/h2-4,6H,5H2,1H3,(H,16,17,18). The first-order valence-electron chi connectivity index (χ1n) is 5.80. The number of ether oxygens (including phenoxy) is 1. The molecule has 0 saturated heterocycles. The average molecular weight is 312 g/mol. The molecule has 0 aliphatic rings. The molecule has 0 radical (unpaired) electrons. The first-order chi connectivity index (χ1) is 9.97. The van der Waals surface area contributed by atoms with Crippen molar-refractivity contribution in [2.75, 3.05) is 5.32 Å². The molecule has 0 saturated carbocycles. The maximum absolute atomic E-state index is 13.4. The molecule has 0 bridgehead atoms. The van der Waals surface area contributed by atoms with Crippen LogP contribution in [0.1, 0.15) is 23.0 Å². The maximum atomic E-state index is 13.4. The Hall–Kier alpha value is -2.35. The van der Waals surface area contributed by atoms with Gasteiger partial charge in [0.2, 0.25) is 5.91 Å². The Kier molecular flexibility index (Phi) is 4.59. The molecular formula is C13H10F2N2O3S. The first kappa shape index (κ1) is 15.0. The number of nitrogens with zero attached hydrogens (tertiary/aromatic N) is 1. The lowest BCUT2D eigenvalue weighted by Gasteiger charge is -2.05. The summed E-state index contributed by atoms with van der Waals surface area (Å²) in [5, 5.41) is 4.39. The molecule has 0 fully saturated rings. The van der Waals surface area contributed by atoms with Crippen molar-refractivity contribution in [3.8, 4) is 0 Å². The van der Waals surface area contributed by atoms with Gasteiger partial charge in [-0.05, 0) is 12.1 Å². The van der Waals surface area contributed by atoms with Crippen molar-refractivity contribution in [2.24, 2.45) is 0 Å². The number of thiazole rings is 1. The molecule has 21 heavy (non-hydrogen) atoms. The average Bonchev–Trinajstić information content (AvgIpc) is 2.83. The minimum atomic E-state index is -1.11. The van der Waals surface area contributed by atoms with Gasteiger partial charge < -0.3 is 10.1 Å². The van der Waals surface area contributed by atoms with Gasteiger partial charge in [0.25, 0.3) is 0 Å². The summed E-state index contributed by atoms with van der Waals surface area (Å²) in [6.45, 7) is 1.09. The molecule has 5 nitrogen and oxygen atoms in total. The van der Waals surface area contributed by atoms with Crippen LogP contribution in [-0.2, 0) is 16.1 Å². The molecule has 8 heteroatoms. The van der Waals surface area contributed by atoms with E-state index in [1.807, 2.05) is 0 Å². The van der Waals surface area contributed by atoms with Crippen molar-refractivity contribution in [3.63, 3.8) is 0 Å². The third-order valence-electron chi connectivity index (χ3n) is 2.35. The lowest BCUT2D eigenvalue weighted by atomic mass is 10.2. The minimum Gasteiger partial charge on any atom is -0.455 e. The molecule has 2 rings (SSSR count). The van der Waals surface area contributed by atoms with Crippen molar-refractivity contribution in [1.29, 1.82) is 0 Å². The zero-order chi connectivity index (χ0) is 15.4. The zero-order valence-corrected chi connectivity index (χ0v) is 11.7. The van der Waals surface area contributed by atoms with E-state index in [0.717, 1.165) is 29.5 Å². The summed E-state index contributed by atoms with van der Waals surface area (Å²) in [7, 11) is 0. The number of hydrogen-bond acceptors (Lipinski definition) is 5. The Morgan fingerprint density at radius 2 is 2.00 bits per heavy atom. The van der Waals surface area contributed by atoms with Gasteiger partial charge in [0.05, 0.1) is 5.69 Å². The van der Waals surface area contributed by atoms with Crippen molar-refractivity contribution in [3.05, 3.63) is 46.5 Å². The van der Waals surface area contributed by atoms with Crippen molar-refractivity contribution >= 4 is 28.3 Å². The number of aromatic nitrogens is 1. The van der Waals surface area contributed by atoms with E-state index in [-0.39, 0.29) is 12.5 Å². The summed E-state index contributed by atoms with van der Waals surface area (Å²) in [6, 6.07) is 3.09. The predicted molar refractivity (Wildman–Crippen MR) is 71.9 cm³/mol. The van der Waals surface area contributed by atoms with Crippen LogP contribution < -0.4 is 5.32 Å². The van der Waals surface area contributed by atoms with E-state index in [0.29, 0.717) is 10.8 Å². The van der Waals surface area contributed by atoms with Crippen molar-refractivity contribution < 1.29 is 23.1 Å². The number of esters is 1. The fraction of sp³-hybridized carbons (Fsp3) is 0.154. The molecular weight excluding hydrogens is 302 g/mol. The van der Waals surface area contributed by atoms with Gasteiger partial charge in [-0.15, -0.1) is 11.3 Å². The van der Waals surface area contributed by atoms with E-state index >= 15 is 0 Å². The molecule has 1 heterocycles. The molecule has 1 aromatic heterocycles. The van der Waals surface area contributed by atoms with Gasteiger partial charge in [-0.2, -0.15) is 0 Å². The summed E-state index contributed by atoms with van der Waals surface area (Å²) < 4.78 is 31.6. The topological polar surface area (TPSA) is 68.3 Å². The largest absolute Gasteiger partial charge is 0.455 e. The normalized spacial score (nSPS) is 10.2. The van der Waals surface area contributed by atoms with Crippen LogP contribution in [0.4, 0.5) is 13.9 Å². The van der Waals surface area contributed by atoms with Crippen LogP contribution in [0.25, 0.3) is 0 Å². The lowest BCUT2D eigenvalue weighted by Crippen LogP contribution is -2.10. The Morgan fingerprint density at radius 3 is 2.62 bits per heavy atom. The van der Waals surface area contributed by atoms with E-state index < -0.39 is 23.2 Å². The summed E-state index contributed by atoms with van der Waals surface area (Å²) in [6.07, 6.45) is 0. The highest BCUT2D eigenvalue weighted by Gasteiger charge is 2.18. The summed E-state index contributed by atoms with van der Waals surface area (Å²) >= 11 is 1.15. The summed E-state index contributed by atoms with van der Waals surface area (Å²) in [5.41, 5.74) is -0.372. The molecule has 0 atom stereocenters. The summed E-state index contributed by atoms with van der Waals surface area (Å²) in [5.74, 6) is -3.37. The zero-order valence-electron chi connectivity index (χ0n) is 10.9. The molecule has 0 unspecified atom stereocenters. The van der Waals surface area contributed by atoms with Crippen LogP contribution in [0.2, 0.25) is 0 Å². The van der Waals surface area contributed by atoms with Crippen LogP contribution in [0.5, 0.6) is 0 Å². The van der Waals surface area contributed by atoms with Crippen LogP contribution in [-0.4, -0.2) is 16.9 Å². The van der Waals surface area contributed by atoms with Gasteiger partial charge in [0, 0.05) is 12.3 Å². The Morgan fingerprint density at radius 1 is 1.33 bits per heavy atom. The fourth-order valence-electron chi connectivity index (χ4n) is 1.49. The minimum absolute atomic E-state index is 0.247. The first-order valence-corrected chi connectivity index (χ1v) is 6.68. The fourth-order valence-corrected chi connectivity index (χ4v) is 2.23. The monoisotopic (exact) mass is 312 g/mol. The van der Waals surface area contributed by atoms with Crippen LogP contribution in [0.15, 0.2) is 23.6 Å². The maximum Gasteiger partial charge on any atom is 0.344 e. The molecule has 0 aliphatic carbocycles. The van der Waals surface area contributed by atoms with E-state index in [4.69, 9.17) is 4.74 Å². The van der Waals surface area contributed by atoms with Crippen molar-refractivity contribution in [1.82, 2.24) is 4.98 Å². The number of benzene rings is 1. The Bertz CT molecular complexity index is 668. The third-order valence-corrected chi connectivity index (χ3v) is 3.16. The second-order valence-corrected chi connectivity index (χ2v) is 4.86. The Labute approximate surface area is 122 Å². The molecule has 110 valence electrons. The molecule has 1 amide bonds. The highest BCUT2D eigenvalue weighted by Crippen LogP contribution is 2.18. The molecule has 2 aromatic rings. The number of nitrogens with one attached hydrogen (secondary N) is 1. The highest BCUT2D eigenvalue weighted by atomic mass is 32.1. The second-order valence-electron chi connectivity index (χ2n) is 4.00. The molecule has 0 spiro atoms. The summed E-state index contributed by atoms with van der Waals surface area (Å²) in [4.78, 5) is 26.5. The van der Waals surface area contributed by atoms with Crippen LogP contribution >= 0.6 is 11.3 Å². The second kappa shape index (κ2) is 6.40. The van der Waals surface area contributed by atoms with Gasteiger partial charge in [-0.3, -0.25) is 4.79 Å². The van der Waals surface area contributed by atoms with Crippen LogP contribution in [0, 0.1) is 11.6 Å². The van der Waals surface area contributed by atoms with Gasteiger partial charge in [0.15, 0.2) is 5.13 Å².